The minimum absolute atomic E-state index is 0.312. The SMILES string of the molecule is COc1cc(CC(C)(C(=O)O)N(C)C)cc(OC)c1OC. The standard InChI is InChI=1S/C15H23NO5/c1-15(14(17)18,16(2)3)9-10-7-11(19-4)13(21-6)12(8-10)20-5/h7-8H,9H2,1-6H3,(H,17,18). The van der Waals surface area contributed by atoms with Gasteiger partial charge < -0.3 is 19.3 Å². The van der Waals surface area contributed by atoms with Crippen LogP contribution >= 0.6 is 0 Å². The molecule has 0 amide bonds. The fourth-order valence-electron chi connectivity index (χ4n) is 2.06. The fourth-order valence-corrected chi connectivity index (χ4v) is 2.06. The summed E-state index contributed by atoms with van der Waals surface area (Å²) in [5.74, 6) is 0.628. The van der Waals surface area contributed by atoms with Crippen molar-refractivity contribution in [2.24, 2.45) is 0 Å². The lowest BCUT2D eigenvalue weighted by atomic mass is 9.91. The first-order valence-electron chi connectivity index (χ1n) is 6.49. The van der Waals surface area contributed by atoms with Crippen molar-refractivity contribution in [1.29, 1.82) is 0 Å². The molecule has 6 nitrogen and oxygen atoms in total. The molecule has 0 radical (unpaired) electrons. The van der Waals surface area contributed by atoms with Crippen molar-refractivity contribution in [2.45, 2.75) is 18.9 Å². The molecule has 0 aliphatic carbocycles. The Balaban J connectivity index is 3.28. The van der Waals surface area contributed by atoms with Crippen LogP contribution in [0.4, 0.5) is 0 Å². The number of methoxy groups -OCH3 is 3. The summed E-state index contributed by atoms with van der Waals surface area (Å²) >= 11 is 0. The number of carboxylic acids is 1. The van der Waals surface area contributed by atoms with Gasteiger partial charge in [0.05, 0.1) is 21.3 Å². The molecule has 0 saturated heterocycles. The van der Waals surface area contributed by atoms with E-state index in [1.54, 1.807) is 38.1 Å². The number of hydrogen-bond donors (Lipinski definition) is 1. The average molecular weight is 297 g/mol. The zero-order chi connectivity index (χ0) is 16.2. The van der Waals surface area contributed by atoms with Gasteiger partial charge in [-0.3, -0.25) is 9.69 Å². The van der Waals surface area contributed by atoms with Crippen molar-refractivity contribution >= 4 is 5.97 Å². The number of hydrogen-bond acceptors (Lipinski definition) is 5. The van der Waals surface area contributed by atoms with E-state index in [2.05, 4.69) is 0 Å². The molecule has 0 saturated carbocycles. The van der Waals surface area contributed by atoms with Crippen LogP contribution in [0.25, 0.3) is 0 Å². The number of likely N-dealkylation sites (N-methyl/N-ethyl adjacent to an activating group) is 1. The highest BCUT2D eigenvalue weighted by Crippen LogP contribution is 2.39. The second kappa shape index (κ2) is 6.67. The molecule has 1 aromatic rings. The van der Waals surface area contributed by atoms with Gasteiger partial charge in [-0.25, -0.2) is 0 Å². The van der Waals surface area contributed by atoms with Crippen LogP contribution in [0.15, 0.2) is 12.1 Å². The summed E-state index contributed by atoms with van der Waals surface area (Å²) in [5, 5.41) is 9.49. The Kier molecular flexibility index (Phi) is 5.43. The Morgan fingerprint density at radius 3 is 1.90 bits per heavy atom. The zero-order valence-corrected chi connectivity index (χ0v) is 13.4. The smallest absolute Gasteiger partial charge is 0.324 e. The Bertz CT molecular complexity index is 490. The molecule has 0 aliphatic heterocycles. The van der Waals surface area contributed by atoms with E-state index in [4.69, 9.17) is 14.2 Å². The summed E-state index contributed by atoms with van der Waals surface area (Å²) in [6, 6.07) is 3.54. The third kappa shape index (κ3) is 3.39. The highest BCUT2D eigenvalue weighted by molar-refractivity contribution is 5.78. The summed E-state index contributed by atoms with van der Waals surface area (Å²) in [6.07, 6.45) is 0.312. The maximum Gasteiger partial charge on any atom is 0.324 e. The van der Waals surface area contributed by atoms with Crippen molar-refractivity contribution in [3.8, 4) is 17.2 Å². The molecule has 6 heteroatoms. The summed E-state index contributed by atoms with van der Waals surface area (Å²) < 4.78 is 15.8. The van der Waals surface area contributed by atoms with Crippen molar-refractivity contribution in [3.63, 3.8) is 0 Å². The molecular weight excluding hydrogens is 274 g/mol. The van der Waals surface area contributed by atoms with Gasteiger partial charge in [0.2, 0.25) is 5.75 Å². The minimum atomic E-state index is -1.02. The molecule has 0 heterocycles. The molecule has 1 aromatic carbocycles. The van der Waals surface area contributed by atoms with E-state index >= 15 is 0 Å². The predicted molar refractivity (Wildman–Crippen MR) is 79.5 cm³/mol. The number of aliphatic carboxylic acids is 1. The van der Waals surface area contributed by atoms with Gasteiger partial charge in [0.25, 0.3) is 0 Å². The van der Waals surface area contributed by atoms with Crippen LogP contribution < -0.4 is 14.2 Å². The number of carboxylic acid groups (broad SMARTS) is 1. The van der Waals surface area contributed by atoms with E-state index in [1.165, 1.54) is 21.3 Å². The van der Waals surface area contributed by atoms with Crippen LogP contribution in [0, 0.1) is 0 Å². The monoisotopic (exact) mass is 297 g/mol. The van der Waals surface area contributed by atoms with Gasteiger partial charge in [-0.05, 0) is 38.7 Å². The summed E-state index contributed by atoms with van der Waals surface area (Å²) in [5.41, 5.74) is -0.229. The molecule has 118 valence electrons. The van der Waals surface area contributed by atoms with Gasteiger partial charge in [-0.2, -0.15) is 0 Å². The van der Waals surface area contributed by atoms with E-state index in [0.29, 0.717) is 23.7 Å². The Hall–Kier alpha value is -1.95. The van der Waals surface area contributed by atoms with Crippen molar-refractivity contribution in [3.05, 3.63) is 17.7 Å². The van der Waals surface area contributed by atoms with Gasteiger partial charge >= 0.3 is 5.97 Å². The molecule has 0 bridgehead atoms. The van der Waals surface area contributed by atoms with Gasteiger partial charge in [-0.1, -0.05) is 0 Å². The molecule has 1 unspecified atom stereocenters. The number of ether oxygens (including phenoxy) is 3. The van der Waals surface area contributed by atoms with Crippen LogP contribution in [0.3, 0.4) is 0 Å². The van der Waals surface area contributed by atoms with Gasteiger partial charge in [0, 0.05) is 6.42 Å². The Labute approximate surface area is 125 Å². The molecular formula is C15H23NO5. The lowest BCUT2D eigenvalue weighted by Crippen LogP contribution is -2.50. The van der Waals surface area contributed by atoms with Gasteiger partial charge in [-0.15, -0.1) is 0 Å². The van der Waals surface area contributed by atoms with Crippen molar-refractivity contribution in [1.82, 2.24) is 4.90 Å². The lowest BCUT2D eigenvalue weighted by molar-refractivity contribution is -0.148. The maximum absolute atomic E-state index is 11.6. The molecule has 1 atom stereocenters. The first-order chi connectivity index (χ1) is 9.79. The first kappa shape index (κ1) is 17.1. The van der Waals surface area contributed by atoms with Crippen LogP contribution in [0.1, 0.15) is 12.5 Å². The van der Waals surface area contributed by atoms with Gasteiger partial charge in [0.1, 0.15) is 5.54 Å². The second-order valence-electron chi connectivity index (χ2n) is 5.18. The predicted octanol–water partition coefficient (Wildman–Crippen LogP) is 1.66. The molecule has 0 aliphatic rings. The topological polar surface area (TPSA) is 68.2 Å². The number of carbonyl (C=O) groups is 1. The lowest BCUT2D eigenvalue weighted by Gasteiger charge is -2.32. The Morgan fingerprint density at radius 1 is 1.14 bits per heavy atom. The van der Waals surface area contributed by atoms with Crippen molar-refractivity contribution in [2.75, 3.05) is 35.4 Å². The number of benzene rings is 1. The quantitative estimate of drug-likeness (QED) is 0.825. The molecule has 0 fully saturated rings. The third-order valence-electron chi connectivity index (χ3n) is 3.72. The molecule has 1 N–H and O–H groups in total. The summed E-state index contributed by atoms with van der Waals surface area (Å²) in [4.78, 5) is 13.2. The maximum atomic E-state index is 11.6. The van der Waals surface area contributed by atoms with Crippen molar-refractivity contribution < 1.29 is 24.1 Å². The normalized spacial score (nSPS) is 13.7. The molecule has 0 spiro atoms. The number of rotatable bonds is 7. The van der Waals surface area contributed by atoms with E-state index in [1.807, 2.05) is 0 Å². The molecule has 21 heavy (non-hydrogen) atoms. The summed E-state index contributed by atoms with van der Waals surface area (Å²) in [7, 11) is 8.08. The zero-order valence-electron chi connectivity index (χ0n) is 13.4. The summed E-state index contributed by atoms with van der Waals surface area (Å²) in [6.45, 7) is 1.68. The van der Waals surface area contributed by atoms with Gasteiger partial charge in [0.15, 0.2) is 11.5 Å². The largest absolute Gasteiger partial charge is 0.493 e. The van der Waals surface area contributed by atoms with Crippen LogP contribution in [0.2, 0.25) is 0 Å². The molecule has 0 aromatic heterocycles. The van der Waals surface area contributed by atoms with Crippen LogP contribution in [-0.2, 0) is 11.2 Å². The van der Waals surface area contributed by atoms with E-state index in [-0.39, 0.29) is 0 Å². The first-order valence-corrected chi connectivity index (χ1v) is 6.49. The fraction of sp³-hybridized carbons (Fsp3) is 0.533. The second-order valence-corrected chi connectivity index (χ2v) is 5.18. The number of nitrogens with zero attached hydrogens (tertiary/aromatic N) is 1. The van der Waals surface area contributed by atoms with E-state index < -0.39 is 11.5 Å². The molecule has 1 rings (SSSR count). The van der Waals surface area contributed by atoms with Crippen LogP contribution in [-0.4, -0.2) is 56.9 Å². The van der Waals surface area contributed by atoms with Crippen LogP contribution in [0.5, 0.6) is 17.2 Å². The van der Waals surface area contributed by atoms with E-state index in [0.717, 1.165) is 5.56 Å². The minimum Gasteiger partial charge on any atom is -0.493 e. The highest BCUT2D eigenvalue weighted by atomic mass is 16.5. The van der Waals surface area contributed by atoms with E-state index in [9.17, 15) is 9.90 Å². The highest BCUT2D eigenvalue weighted by Gasteiger charge is 2.36. The third-order valence-corrected chi connectivity index (χ3v) is 3.72. The Morgan fingerprint density at radius 2 is 1.62 bits per heavy atom. The average Bonchev–Trinajstić information content (AvgIpc) is 2.45.